The van der Waals surface area contributed by atoms with Crippen molar-refractivity contribution in [3.8, 4) is 0 Å². The van der Waals surface area contributed by atoms with Crippen LogP contribution in [0.25, 0.3) is 0 Å². The van der Waals surface area contributed by atoms with Crippen LogP contribution in [0.1, 0.15) is 11.4 Å². The van der Waals surface area contributed by atoms with Crippen molar-refractivity contribution < 1.29 is 18.3 Å². The minimum atomic E-state index is -3.98. The summed E-state index contributed by atoms with van der Waals surface area (Å²) in [7, 11) is -3.98. The van der Waals surface area contributed by atoms with E-state index in [9.17, 15) is 13.2 Å². The number of aliphatic carboxylic acids is 1. The van der Waals surface area contributed by atoms with E-state index in [4.69, 9.17) is 5.11 Å². The third kappa shape index (κ3) is 3.13. The Balaban J connectivity index is 2.41. The van der Waals surface area contributed by atoms with Gasteiger partial charge in [0.15, 0.2) is 0 Å². The van der Waals surface area contributed by atoms with E-state index in [1.807, 2.05) is 0 Å². The second-order valence-electron chi connectivity index (χ2n) is 4.12. The fourth-order valence-corrected chi connectivity index (χ4v) is 3.18. The Bertz CT molecular complexity index is 770. The van der Waals surface area contributed by atoms with Gasteiger partial charge in [-0.05, 0) is 13.8 Å². The summed E-state index contributed by atoms with van der Waals surface area (Å²) >= 11 is 0. The fourth-order valence-electron chi connectivity index (χ4n) is 1.82. The zero-order valence-corrected chi connectivity index (χ0v) is 12.0. The summed E-state index contributed by atoms with van der Waals surface area (Å²) in [4.78, 5) is 14.3. The second-order valence-corrected chi connectivity index (χ2v) is 5.74. The van der Waals surface area contributed by atoms with Crippen molar-refractivity contribution in [1.82, 2.24) is 25.0 Å². The lowest BCUT2D eigenvalue weighted by Gasteiger charge is -2.06. The molecule has 0 aliphatic carbocycles. The first-order valence-corrected chi connectivity index (χ1v) is 7.22. The molecule has 2 rings (SSSR count). The van der Waals surface area contributed by atoms with E-state index in [1.165, 1.54) is 26.2 Å². The number of nitrogens with zero attached hydrogens (tertiary/aromatic N) is 5. The molecule has 2 heterocycles. The molecule has 2 aromatic heterocycles. The highest BCUT2D eigenvalue weighted by Gasteiger charge is 2.26. The number of sulfonamides is 1. The molecule has 0 amide bonds. The highest BCUT2D eigenvalue weighted by atomic mass is 32.2. The highest BCUT2D eigenvalue weighted by molar-refractivity contribution is 7.92. The van der Waals surface area contributed by atoms with Gasteiger partial charge in [-0.25, -0.2) is 18.1 Å². The Labute approximate surface area is 119 Å². The molecule has 0 unspecified atom stereocenters. The number of carbonyl (C=O) groups is 1. The van der Waals surface area contributed by atoms with Crippen LogP contribution in [0.3, 0.4) is 0 Å². The molecule has 0 aliphatic rings. The van der Waals surface area contributed by atoms with Gasteiger partial charge in [-0.1, -0.05) is 0 Å². The normalized spacial score (nSPS) is 11.3. The summed E-state index contributed by atoms with van der Waals surface area (Å²) < 4.78 is 27.9. The molecular weight excluding hydrogens is 300 g/mol. The fraction of sp³-hybridized carbons (Fsp3) is 0.300. The van der Waals surface area contributed by atoms with Gasteiger partial charge in [0, 0.05) is 0 Å². The van der Waals surface area contributed by atoms with Crippen LogP contribution in [0.4, 0.5) is 5.95 Å². The largest absolute Gasteiger partial charge is 0.480 e. The van der Waals surface area contributed by atoms with Crippen molar-refractivity contribution in [2.75, 3.05) is 4.72 Å². The Kier molecular flexibility index (Phi) is 3.84. The maximum atomic E-state index is 12.3. The molecule has 10 nitrogen and oxygen atoms in total. The summed E-state index contributed by atoms with van der Waals surface area (Å²) in [5.74, 6) is -1.30. The van der Waals surface area contributed by atoms with Crippen molar-refractivity contribution in [2.24, 2.45) is 0 Å². The molecule has 2 aromatic rings. The number of rotatable bonds is 5. The topological polar surface area (TPSA) is 140 Å². The first kappa shape index (κ1) is 14.8. The van der Waals surface area contributed by atoms with Gasteiger partial charge in [-0.15, -0.1) is 5.10 Å². The first-order chi connectivity index (χ1) is 9.81. The van der Waals surface area contributed by atoms with E-state index in [2.05, 4.69) is 25.0 Å². The van der Waals surface area contributed by atoms with Gasteiger partial charge in [0.1, 0.15) is 11.4 Å². The molecule has 11 heteroatoms. The molecule has 0 aromatic carbocycles. The maximum absolute atomic E-state index is 12.3. The van der Waals surface area contributed by atoms with Crippen LogP contribution in [-0.2, 0) is 21.4 Å². The van der Waals surface area contributed by atoms with Crippen molar-refractivity contribution in [3.63, 3.8) is 0 Å². The number of carboxylic acids is 1. The average Bonchev–Trinajstić information content (AvgIpc) is 2.64. The highest BCUT2D eigenvalue weighted by Crippen LogP contribution is 2.21. The Morgan fingerprint density at radius 1 is 1.38 bits per heavy atom. The molecule has 0 bridgehead atoms. The predicted octanol–water partition coefficient (Wildman–Crippen LogP) is -0.430. The molecule has 0 spiro atoms. The molecule has 0 aliphatic heterocycles. The summed E-state index contributed by atoms with van der Waals surface area (Å²) in [6.45, 7) is 2.53. The molecule has 0 fully saturated rings. The van der Waals surface area contributed by atoms with Crippen LogP contribution in [0, 0.1) is 13.8 Å². The SMILES string of the molecule is Cc1nn(CC(=O)O)c(C)c1S(=O)(=O)Nc1nccnn1. The molecule has 112 valence electrons. The van der Waals surface area contributed by atoms with E-state index in [0.29, 0.717) is 0 Å². The number of carboxylic acid groups (broad SMARTS) is 1. The Morgan fingerprint density at radius 3 is 2.67 bits per heavy atom. The lowest BCUT2D eigenvalue weighted by Crippen LogP contribution is -2.17. The van der Waals surface area contributed by atoms with Gasteiger partial charge in [0.25, 0.3) is 16.0 Å². The lowest BCUT2D eigenvalue weighted by molar-refractivity contribution is -0.137. The number of anilines is 1. The van der Waals surface area contributed by atoms with E-state index >= 15 is 0 Å². The number of nitrogens with one attached hydrogen (secondary N) is 1. The molecular formula is C10H12N6O4S. The van der Waals surface area contributed by atoms with Crippen LogP contribution < -0.4 is 4.72 Å². The van der Waals surface area contributed by atoms with Crippen LogP contribution in [0.2, 0.25) is 0 Å². The van der Waals surface area contributed by atoms with Crippen LogP contribution in [0.15, 0.2) is 17.3 Å². The van der Waals surface area contributed by atoms with Crippen molar-refractivity contribution >= 4 is 21.9 Å². The number of hydrogen-bond donors (Lipinski definition) is 2. The van der Waals surface area contributed by atoms with Gasteiger partial charge in [0.2, 0.25) is 0 Å². The van der Waals surface area contributed by atoms with Crippen LogP contribution in [-0.4, -0.2) is 44.5 Å². The summed E-state index contributed by atoms with van der Waals surface area (Å²) in [6.07, 6.45) is 2.59. The van der Waals surface area contributed by atoms with Crippen LogP contribution in [0.5, 0.6) is 0 Å². The Morgan fingerprint density at radius 2 is 2.10 bits per heavy atom. The molecule has 0 saturated heterocycles. The first-order valence-electron chi connectivity index (χ1n) is 5.73. The van der Waals surface area contributed by atoms with Gasteiger partial charge in [-0.3, -0.25) is 9.48 Å². The van der Waals surface area contributed by atoms with Crippen molar-refractivity contribution in [2.45, 2.75) is 25.3 Å². The van der Waals surface area contributed by atoms with Crippen LogP contribution >= 0.6 is 0 Å². The quantitative estimate of drug-likeness (QED) is 0.758. The van der Waals surface area contributed by atoms with Gasteiger partial charge in [0.05, 0.1) is 23.8 Å². The summed E-state index contributed by atoms with van der Waals surface area (Å²) in [5.41, 5.74) is 0.399. The smallest absolute Gasteiger partial charge is 0.325 e. The maximum Gasteiger partial charge on any atom is 0.325 e. The van der Waals surface area contributed by atoms with E-state index in [0.717, 1.165) is 4.68 Å². The van der Waals surface area contributed by atoms with Crippen molar-refractivity contribution in [1.29, 1.82) is 0 Å². The summed E-state index contributed by atoms with van der Waals surface area (Å²) in [5, 5.41) is 19.7. The van der Waals surface area contributed by atoms with E-state index in [1.54, 1.807) is 0 Å². The molecule has 0 radical (unpaired) electrons. The van der Waals surface area contributed by atoms with Gasteiger partial charge >= 0.3 is 5.97 Å². The predicted molar refractivity (Wildman–Crippen MR) is 70.0 cm³/mol. The zero-order valence-electron chi connectivity index (χ0n) is 11.2. The lowest BCUT2D eigenvalue weighted by atomic mass is 10.4. The molecule has 0 saturated carbocycles. The van der Waals surface area contributed by atoms with E-state index < -0.39 is 22.5 Å². The standard InChI is InChI=1S/C10H12N6O4S/c1-6-9(7(2)16(14-6)5-8(17)18)21(19,20)15-10-11-3-4-12-13-10/h3-4H,5H2,1-2H3,(H,17,18)(H,11,13,15). The average molecular weight is 312 g/mol. The minimum Gasteiger partial charge on any atom is -0.480 e. The number of hydrogen-bond acceptors (Lipinski definition) is 7. The van der Waals surface area contributed by atoms with Gasteiger partial charge in [-0.2, -0.15) is 10.2 Å². The Hall–Kier alpha value is -2.56. The third-order valence-corrected chi connectivity index (χ3v) is 4.16. The monoisotopic (exact) mass is 312 g/mol. The third-order valence-electron chi connectivity index (χ3n) is 2.58. The number of aryl methyl sites for hydroxylation is 1. The molecule has 21 heavy (non-hydrogen) atoms. The van der Waals surface area contributed by atoms with E-state index in [-0.39, 0.29) is 22.2 Å². The molecule has 2 N–H and O–H groups in total. The summed E-state index contributed by atoms with van der Waals surface area (Å²) in [6, 6.07) is 0. The second kappa shape index (κ2) is 5.44. The zero-order chi connectivity index (χ0) is 15.6. The van der Waals surface area contributed by atoms with Gasteiger partial charge < -0.3 is 5.11 Å². The number of aromatic nitrogens is 5. The minimum absolute atomic E-state index is 0.101. The van der Waals surface area contributed by atoms with Crippen molar-refractivity contribution in [3.05, 3.63) is 23.8 Å². The molecule has 0 atom stereocenters.